The van der Waals surface area contributed by atoms with Crippen molar-refractivity contribution in [1.82, 2.24) is 9.97 Å². The SMILES string of the molecule is Cc1ccc2c(c1)nc(N)c1ncc(C#Cc3ccc(CCC(=O)O)cc3)cc12. The molecule has 0 amide bonds. The van der Waals surface area contributed by atoms with Crippen LogP contribution in [0.3, 0.4) is 0 Å². The summed E-state index contributed by atoms with van der Waals surface area (Å²) in [7, 11) is 0. The molecule has 0 atom stereocenters. The van der Waals surface area contributed by atoms with E-state index in [-0.39, 0.29) is 6.42 Å². The number of benzene rings is 2. The molecule has 0 radical (unpaired) electrons. The van der Waals surface area contributed by atoms with E-state index in [9.17, 15) is 4.79 Å². The van der Waals surface area contributed by atoms with Crippen LogP contribution in [0, 0.1) is 18.8 Å². The zero-order valence-electron chi connectivity index (χ0n) is 15.9. The molecule has 0 unspecified atom stereocenters. The van der Waals surface area contributed by atoms with Gasteiger partial charge in [-0.25, -0.2) is 4.98 Å². The maximum atomic E-state index is 10.7. The molecular formula is C24H19N3O2. The lowest BCUT2D eigenvalue weighted by molar-refractivity contribution is -0.136. The van der Waals surface area contributed by atoms with Crippen LogP contribution < -0.4 is 5.73 Å². The number of hydrogen-bond acceptors (Lipinski definition) is 4. The Kier molecular flexibility index (Phi) is 4.84. The molecule has 2 aromatic heterocycles. The molecule has 29 heavy (non-hydrogen) atoms. The number of carboxylic acid groups (broad SMARTS) is 1. The van der Waals surface area contributed by atoms with Gasteiger partial charge in [0, 0.05) is 34.5 Å². The summed E-state index contributed by atoms with van der Waals surface area (Å²) in [5.41, 5.74) is 11.4. The van der Waals surface area contributed by atoms with Crippen LogP contribution in [0.15, 0.2) is 54.7 Å². The number of pyridine rings is 2. The van der Waals surface area contributed by atoms with E-state index >= 15 is 0 Å². The summed E-state index contributed by atoms with van der Waals surface area (Å²) < 4.78 is 0. The van der Waals surface area contributed by atoms with Gasteiger partial charge in [-0.15, -0.1) is 0 Å². The minimum absolute atomic E-state index is 0.124. The highest BCUT2D eigenvalue weighted by atomic mass is 16.4. The summed E-state index contributed by atoms with van der Waals surface area (Å²) in [5, 5.41) is 10.7. The number of anilines is 1. The van der Waals surface area contributed by atoms with E-state index in [2.05, 4.69) is 21.8 Å². The minimum atomic E-state index is -0.795. The third-order valence-electron chi connectivity index (χ3n) is 4.75. The molecule has 0 saturated carbocycles. The predicted molar refractivity (Wildman–Crippen MR) is 115 cm³/mol. The first-order valence-corrected chi connectivity index (χ1v) is 9.28. The topological polar surface area (TPSA) is 89.1 Å². The van der Waals surface area contributed by atoms with Crippen molar-refractivity contribution in [3.05, 3.63) is 77.0 Å². The van der Waals surface area contributed by atoms with Crippen molar-refractivity contribution in [3.63, 3.8) is 0 Å². The fourth-order valence-electron chi connectivity index (χ4n) is 3.24. The maximum Gasteiger partial charge on any atom is 0.303 e. The van der Waals surface area contributed by atoms with Crippen molar-refractivity contribution < 1.29 is 9.90 Å². The second-order valence-electron chi connectivity index (χ2n) is 6.98. The highest BCUT2D eigenvalue weighted by molar-refractivity contribution is 6.08. The molecule has 4 aromatic rings. The zero-order chi connectivity index (χ0) is 20.4. The summed E-state index contributed by atoms with van der Waals surface area (Å²) in [6.07, 6.45) is 2.34. The van der Waals surface area contributed by atoms with Crippen LogP contribution in [0.4, 0.5) is 5.82 Å². The predicted octanol–water partition coefficient (Wildman–Crippen LogP) is 4.09. The number of nitrogens with two attached hydrogens (primary N) is 1. The molecule has 0 saturated heterocycles. The summed E-state index contributed by atoms with van der Waals surface area (Å²) in [6, 6.07) is 15.7. The number of aryl methyl sites for hydroxylation is 2. The zero-order valence-corrected chi connectivity index (χ0v) is 15.9. The highest BCUT2D eigenvalue weighted by Gasteiger charge is 2.08. The Labute approximate surface area is 168 Å². The van der Waals surface area contributed by atoms with Gasteiger partial charge in [0.25, 0.3) is 0 Å². The smallest absolute Gasteiger partial charge is 0.303 e. The van der Waals surface area contributed by atoms with Gasteiger partial charge in [0.05, 0.1) is 5.52 Å². The van der Waals surface area contributed by atoms with Gasteiger partial charge in [0.1, 0.15) is 5.52 Å². The molecule has 3 N–H and O–H groups in total. The number of nitrogen functional groups attached to an aromatic ring is 1. The van der Waals surface area contributed by atoms with Crippen LogP contribution in [0.5, 0.6) is 0 Å². The lowest BCUT2D eigenvalue weighted by Gasteiger charge is -2.07. The van der Waals surface area contributed by atoms with Gasteiger partial charge in [-0.05, 0) is 48.7 Å². The number of rotatable bonds is 3. The quantitative estimate of drug-likeness (QED) is 0.412. The third kappa shape index (κ3) is 4.02. The molecule has 4 rings (SSSR count). The normalized spacial score (nSPS) is 10.7. The van der Waals surface area contributed by atoms with Crippen molar-refractivity contribution in [2.24, 2.45) is 0 Å². The van der Waals surface area contributed by atoms with E-state index in [1.807, 2.05) is 55.5 Å². The van der Waals surface area contributed by atoms with E-state index in [0.29, 0.717) is 17.8 Å². The van der Waals surface area contributed by atoms with Crippen molar-refractivity contribution in [1.29, 1.82) is 0 Å². The van der Waals surface area contributed by atoms with E-state index < -0.39 is 5.97 Å². The van der Waals surface area contributed by atoms with Gasteiger partial charge in [0.2, 0.25) is 0 Å². The fraction of sp³-hybridized carbons (Fsp3) is 0.125. The van der Waals surface area contributed by atoms with Crippen molar-refractivity contribution in [3.8, 4) is 11.8 Å². The monoisotopic (exact) mass is 381 g/mol. The average Bonchev–Trinajstić information content (AvgIpc) is 2.71. The first-order chi connectivity index (χ1) is 14.0. The molecule has 2 aromatic carbocycles. The lowest BCUT2D eigenvalue weighted by Crippen LogP contribution is -1.97. The number of hydrogen-bond donors (Lipinski definition) is 2. The van der Waals surface area contributed by atoms with Gasteiger partial charge < -0.3 is 10.8 Å². The molecule has 0 aliphatic heterocycles. The van der Waals surface area contributed by atoms with Crippen molar-refractivity contribution in [2.45, 2.75) is 19.8 Å². The number of carboxylic acids is 1. The Bertz CT molecular complexity index is 1300. The number of aromatic nitrogens is 2. The van der Waals surface area contributed by atoms with E-state index in [1.165, 1.54) is 0 Å². The second kappa shape index (κ2) is 7.61. The molecular weight excluding hydrogens is 362 g/mol. The van der Waals surface area contributed by atoms with E-state index in [1.54, 1.807) is 6.20 Å². The summed E-state index contributed by atoms with van der Waals surface area (Å²) in [5.74, 6) is 5.90. The first kappa shape index (κ1) is 18.5. The molecule has 5 nitrogen and oxygen atoms in total. The summed E-state index contributed by atoms with van der Waals surface area (Å²) in [6.45, 7) is 2.02. The van der Waals surface area contributed by atoms with Crippen molar-refractivity contribution >= 4 is 33.6 Å². The van der Waals surface area contributed by atoms with Crippen LogP contribution >= 0.6 is 0 Å². The Morgan fingerprint density at radius 2 is 1.79 bits per heavy atom. The Hall–Kier alpha value is -3.91. The van der Waals surface area contributed by atoms with Crippen molar-refractivity contribution in [2.75, 3.05) is 5.73 Å². The van der Waals surface area contributed by atoms with Crippen LogP contribution in [-0.4, -0.2) is 21.0 Å². The van der Waals surface area contributed by atoms with Crippen LogP contribution in [0.2, 0.25) is 0 Å². The van der Waals surface area contributed by atoms with Gasteiger partial charge in [-0.2, -0.15) is 0 Å². The molecule has 2 heterocycles. The summed E-state index contributed by atoms with van der Waals surface area (Å²) >= 11 is 0. The first-order valence-electron chi connectivity index (χ1n) is 9.28. The Morgan fingerprint density at radius 3 is 2.55 bits per heavy atom. The Balaban J connectivity index is 1.67. The lowest BCUT2D eigenvalue weighted by atomic mass is 10.1. The number of aliphatic carboxylic acids is 1. The van der Waals surface area contributed by atoms with Gasteiger partial charge in [-0.3, -0.25) is 9.78 Å². The maximum absolute atomic E-state index is 10.7. The highest BCUT2D eigenvalue weighted by Crippen LogP contribution is 2.27. The molecule has 0 spiro atoms. The fourth-order valence-corrected chi connectivity index (χ4v) is 3.24. The molecule has 0 bridgehead atoms. The molecule has 0 fully saturated rings. The van der Waals surface area contributed by atoms with Crippen LogP contribution in [0.1, 0.15) is 28.7 Å². The van der Waals surface area contributed by atoms with E-state index in [4.69, 9.17) is 10.8 Å². The molecule has 142 valence electrons. The average molecular weight is 381 g/mol. The standard InChI is InChI=1S/C24H19N3O2/c1-15-2-10-19-20-13-18(14-26-23(20)24(25)27-21(19)12-15)8-7-16-3-5-17(6-4-16)9-11-22(28)29/h2-6,10,12-14H,9,11H2,1H3,(H2,25,27)(H,28,29). The number of carbonyl (C=O) groups is 1. The van der Waals surface area contributed by atoms with Gasteiger partial charge >= 0.3 is 5.97 Å². The third-order valence-corrected chi connectivity index (χ3v) is 4.75. The van der Waals surface area contributed by atoms with Crippen LogP contribution in [-0.2, 0) is 11.2 Å². The number of fused-ring (bicyclic) bond motifs is 3. The minimum Gasteiger partial charge on any atom is -0.481 e. The second-order valence-corrected chi connectivity index (χ2v) is 6.98. The van der Waals surface area contributed by atoms with Crippen LogP contribution in [0.25, 0.3) is 21.8 Å². The molecule has 0 aliphatic rings. The summed E-state index contributed by atoms with van der Waals surface area (Å²) in [4.78, 5) is 19.6. The number of nitrogens with zero attached hydrogens (tertiary/aromatic N) is 2. The Morgan fingerprint density at radius 1 is 1.03 bits per heavy atom. The largest absolute Gasteiger partial charge is 0.481 e. The van der Waals surface area contributed by atoms with Gasteiger partial charge in [-0.1, -0.05) is 36.1 Å². The molecule has 5 heteroatoms. The molecule has 0 aliphatic carbocycles. The van der Waals surface area contributed by atoms with E-state index in [0.717, 1.165) is 38.5 Å². The van der Waals surface area contributed by atoms with Gasteiger partial charge in [0.15, 0.2) is 5.82 Å².